The molecule has 0 bridgehead atoms. The van der Waals surface area contributed by atoms with Gasteiger partial charge >= 0.3 is 6.18 Å². The van der Waals surface area contributed by atoms with Gasteiger partial charge in [-0.2, -0.15) is 13.2 Å². The molecular weight excluding hydrogens is 433 g/mol. The third-order valence-corrected chi connectivity index (χ3v) is 4.85. The number of benzene rings is 3. The zero-order valence-corrected chi connectivity index (χ0v) is 18.2. The van der Waals surface area contributed by atoms with E-state index in [-0.39, 0.29) is 17.7 Å². The number of nitrogens with zero attached hydrogens (tertiary/aromatic N) is 1. The van der Waals surface area contributed by atoms with Crippen molar-refractivity contribution in [3.8, 4) is 17.2 Å². The highest BCUT2D eigenvalue weighted by Gasteiger charge is 2.34. The second-order valence-corrected chi connectivity index (χ2v) is 7.87. The second kappa shape index (κ2) is 8.61. The van der Waals surface area contributed by atoms with Gasteiger partial charge in [0.1, 0.15) is 11.3 Å². The molecule has 1 N–H and O–H groups in total. The molecule has 3 aromatic carbocycles. The average molecular weight is 454 g/mol. The van der Waals surface area contributed by atoms with Crippen LogP contribution in [0.1, 0.15) is 35.3 Å². The number of alkyl halides is 3. The maximum atomic E-state index is 13.3. The summed E-state index contributed by atoms with van der Waals surface area (Å²) in [4.78, 5) is 17.2. The molecule has 4 aromatic rings. The summed E-state index contributed by atoms with van der Waals surface area (Å²) in [6, 6.07) is 15.0. The molecule has 0 saturated carbocycles. The van der Waals surface area contributed by atoms with Gasteiger partial charge in [0.2, 0.25) is 5.89 Å². The Morgan fingerprint density at radius 3 is 2.55 bits per heavy atom. The molecule has 1 aromatic heterocycles. The fourth-order valence-electron chi connectivity index (χ4n) is 3.41. The fraction of sp³-hybridized carbons (Fsp3) is 0.200. The highest BCUT2D eigenvalue weighted by Crippen LogP contribution is 2.36. The van der Waals surface area contributed by atoms with Crippen molar-refractivity contribution in [2.45, 2.75) is 33.1 Å². The summed E-state index contributed by atoms with van der Waals surface area (Å²) in [5, 5.41) is 2.54. The quantitative estimate of drug-likeness (QED) is 0.358. The van der Waals surface area contributed by atoms with E-state index in [0.717, 1.165) is 17.7 Å². The van der Waals surface area contributed by atoms with E-state index in [0.29, 0.717) is 22.4 Å². The summed E-state index contributed by atoms with van der Waals surface area (Å²) < 4.78 is 51.7. The number of halogens is 3. The number of oxazole rings is 1. The number of carbonyl (C=O) groups excluding carboxylic acids is 1. The van der Waals surface area contributed by atoms with Gasteiger partial charge in [-0.15, -0.1) is 0 Å². The number of rotatable bonds is 5. The van der Waals surface area contributed by atoms with Crippen LogP contribution in [0.15, 0.2) is 65.1 Å². The molecule has 1 heterocycles. The molecule has 0 aliphatic rings. The zero-order chi connectivity index (χ0) is 23.8. The number of hydrogen-bond donors (Lipinski definition) is 1. The van der Waals surface area contributed by atoms with Gasteiger partial charge in [-0.1, -0.05) is 18.2 Å². The number of amides is 1. The molecule has 0 aliphatic heterocycles. The molecule has 0 aliphatic carbocycles. The zero-order valence-electron chi connectivity index (χ0n) is 18.2. The average Bonchev–Trinajstić information content (AvgIpc) is 3.16. The predicted octanol–water partition coefficient (Wildman–Crippen LogP) is 6.86. The van der Waals surface area contributed by atoms with Gasteiger partial charge in [-0.25, -0.2) is 4.98 Å². The van der Waals surface area contributed by atoms with E-state index in [1.54, 1.807) is 18.2 Å². The van der Waals surface area contributed by atoms with E-state index in [2.05, 4.69) is 10.3 Å². The molecule has 0 spiro atoms. The molecular formula is C25H21F3N2O3. The Kier molecular flexibility index (Phi) is 5.84. The molecule has 0 atom stereocenters. The number of nitrogens with one attached hydrogen (secondary N) is 1. The predicted molar refractivity (Wildman–Crippen MR) is 119 cm³/mol. The second-order valence-electron chi connectivity index (χ2n) is 7.87. The minimum absolute atomic E-state index is 0.144. The van der Waals surface area contributed by atoms with E-state index in [1.807, 2.05) is 39.0 Å². The minimum Gasteiger partial charge on any atom is -0.490 e. The molecule has 5 nitrogen and oxygen atoms in total. The van der Waals surface area contributed by atoms with Gasteiger partial charge in [-0.3, -0.25) is 4.79 Å². The monoisotopic (exact) mass is 454 g/mol. The number of hydrogen-bond acceptors (Lipinski definition) is 4. The van der Waals surface area contributed by atoms with E-state index in [1.165, 1.54) is 12.1 Å². The van der Waals surface area contributed by atoms with Gasteiger partial charge in [0.15, 0.2) is 5.58 Å². The van der Waals surface area contributed by atoms with Crippen LogP contribution in [0, 0.1) is 6.92 Å². The van der Waals surface area contributed by atoms with E-state index in [9.17, 15) is 18.0 Å². The number of anilines is 1. The SMILES string of the molecule is Cc1ccc2oc(-c3cc(NC(=O)c4ccccc4C(F)(F)F)ccc3OC(C)C)nc2c1. The molecule has 8 heteroatoms. The number of carbonyl (C=O) groups is 1. The third-order valence-electron chi connectivity index (χ3n) is 4.85. The third kappa shape index (κ3) is 4.84. The van der Waals surface area contributed by atoms with Gasteiger partial charge < -0.3 is 14.5 Å². The van der Waals surface area contributed by atoms with E-state index < -0.39 is 23.2 Å². The Morgan fingerprint density at radius 2 is 1.82 bits per heavy atom. The molecule has 0 fully saturated rings. The Labute approximate surface area is 188 Å². The fourth-order valence-corrected chi connectivity index (χ4v) is 3.41. The summed E-state index contributed by atoms with van der Waals surface area (Å²) in [7, 11) is 0. The summed E-state index contributed by atoms with van der Waals surface area (Å²) in [5.74, 6) is -0.125. The summed E-state index contributed by atoms with van der Waals surface area (Å²) in [5.41, 5.74) is 1.54. The summed E-state index contributed by atoms with van der Waals surface area (Å²) >= 11 is 0. The van der Waals surface area contributed by atoms with Crippen molar-refractivity contribution in [1.82, 2.24) is 4.98 Å². The van der Waals surface area contributed by atoms with Crippen LogP contribution in [0.4, 0.5) is 18.9 Å². The van der Waals surface area contributed by atoms with Crippen LogP contribution in [-0.2, 0) is 6.18 Å². The maximum Gasteiger partial charge on any atom is 0.417 e. The van der Waals surface area contributed by atoms with Gasteiger partial charge in [0.25, 0.3) is 5.91 Å². The first kappa shape index (κ1) is 22.4. The molecule has 0 saturated heterocycles. The Balaban J connectivity index is 1.73. The largest absolute Gasteiger partial charge is 0.490 e. The van der Waals surface area contributed by atoms with E-state index >= 15 is 0 Å². The smallest absolute Gasteiger partial charge is 0.417 e. The van der Waals surface area contributed by atoms with Crippen LogP contribution in [0.5, 0.6) is 5.75 Å². The first-order chi connectivity index (χ1) is 15.6. The van der Waals surface area contributed by atoms with Crippen LogP contribution in [0.3, 0.4) is 0 Å². The standard InChI is InChI=1S/C25H21F3N2O3/c1-14(2)32-21-11-9-16(29-23(31)17-6-4-5-7-19(17)25(26,27)28)13-18(21)24-30-20-12-15(3)8-10-22(20)33-24/h4-14H,1-3H3,(H,29,31). The molecule has 0 unspecified atom stereocenters. The van der Waals surface area contributed by atoms with Crippen molar-refractivity contribution >= 4 is 22.7 Å². The van der Waals surface area contributed by atoms with Crippen molar-refractivity contribution in [3.05, 3.63) is 77.4 Å². The lowest BCUT2D eigenvalue weighted by Crippen LogP contribution is -2.18. The molecule has 1 amide bonds. The Morgan fingerprint density at radius 1 is 1.06 bits per heavy atom. The van der Waals surface area contributed by atoms with Crippen molar-refractivity contribution in [2.75, 3.05) is 5.32 Å². The maximum absolute atomic E-state index is 13.3. The highest BCUT2D eigenvalue weighted by molar-refractivity contribution is 6.05. The van der Waals surface area contributed by atoms with Crippen LogP contribution in [0.2, 0.25) is 0 Å². The minimum atomic E-state index is -4.65. The highest BCUT2D eigenvalue weighted by atomic mass is 19.4. The molecule has 170 valence electrons. The van der Waals surface area contributed by atoms with Gasteiger partial charge in [0, 0.05) is 5.69 Å². The first-order valence-electron chi connectivity index (χ1n) is 10.3. The Bertz CT molecular complexity index is 1330. The number of fused-ring (bicyclic) bond motifs is 1. The Hall–Kier alpha value is -3.81. The molecule has 33 heavy (non-hydrogen) atoms. The van der Waals surface area contributed by atoms with Crippen molar-refractivity contribution in [1.29, 1.82) is 0 Å². The lowest BCUT2D eigenvalue weighted by atomic mass is 10.1. The number of aryl methyl sites for hydroxylation is 1. The van der Waals surface area contributed by atoms with Gasteiger partial charge in [-0.05, 0) is 68.8 Å². The lowest BCUT2D eigenvalue weighted by molar-refractivity contribution is -0.137. The van der Waals surface area contributed by atoms with E-state index in [4.69, 9.17) is 9.15 Å². The number of aromatic nitrogens is 1. The van der Waals surface area contributed by atoms with Gasteiger partial charge in [0.05, 0.1) is 22.8 Å². The van der Waals surface area contributed by atoms with Crippen LogP contribution < -0.4 is 10.1 Å². The van der Waals surface area contributed by atoms with Crippen molar-refractivity contribution in [2.24, 2.45) is 0 Å². The number of ether oxygens (including phenoxy) is 1. The summed E-state index contributed by atoms with van der Waals surface area (Å²) in [6.07, 6.45) is -4.79. The summed E-state index contributed by atoms with van der Waals surface area (Å²) in [6.45, 7) is 5.67. The van der Waals surface area contributed by atoms with Crippen molar-refractivity contribution < 1.29 is 27.1 Å². The van der Waals surface area contributed by atoms with Crippen LogP contribution >= 0.6 is 0 Å². The molecule has 0 radical (unpaired) electrons. The lowest BCUT2D eigenvalue weighted by Gasteiger charge is -2.15. The van der Waals surface area contributed by atoms with Crippen LogP contribution in [0.25, 0.3) is 22.6 Å². The first-order valence-corrected chi connectivity index (χ1v) is 10.3. The topological polar surface area (TPSA) is 64.4 Å². The van der Waals surface area contributed by atoms with Crippen molar-refractivity contribution in [3.63, 3.8) is 0 Å². The molecule has 4 rings (SSSR count). The van der Waals surface area contributed by atoms with Crippen LogP contribution in [-0.4, -0.2) is 17.0 Å². The normalized spacial score (nSPS) is 11.7.